The van der Waals surface area contributed by atoms with Crippen LogP contribution in [0.1, 0.15) is 25.0 Å². The molecule has 0 saturated carbocycles. The summed E-state index contributed by atoms with van der Waals surface area (Å²) in [6, 6.07) is 3.54. The number of anilines is 1. The van der Waals surface area contributed by atoms with Gasteiger partial charge in [0, 0.05) is 13.0 Å². The van der Waals surface area contributed by atoms with Crippen molar-refractivity contribution >= 4 is 23.2 Å². The van der Waals surface area contributed by atoms with E-state index in [0.29, 0.717) is 0 Å². The number of nitrogens with zero attached hydrogens (tertiary/aromatic N) is 1. The van der Waals surface area contributed by atoms with E-state index in [-0.39, 0.29) is 11.3 Å². The molecule has 9 nitrogen and oxygen atoms in total. The third-order valence-corrected chi connectivity index (χ3v) is 2.65. The van der Waals surface area contributed by atoms with E-state index < -0.39 is 41.1 Å². The molecule has 21 heavy (non-hydrogen) atoms. The molecule has 5 N–H and O–H groups in total. The number of benzene rings is 1. The molecule has 0 fully saturated rings. The lowest BCUT2D eigenvalue weighted by Crippen LogP contribution is -2.25. The van der Waals surface area contributed by atoms with Crippen molar-refractivity contribution in [3.63, 3.8) is 0 Å². The van der Waals surface area contributed by atoms with Crippen LogP contribution in [0.25, 0.3) is 0 Å². The number of rotatable bonds is 6. The van der Waals surface area contributed by atoms with E-state index in [9.17, 15) is 29.9 Å². The lowest BCUT2D eigenvalue weighted by atomic mass is 10.0. The standard InChI is InChI=1S/C12H15N3O6/c1-6(16)14-8-3-2-7(4-9(8)15(20)21)12(19)10(17)5-11(13)18/h2-4,10,12,17,19H,5H2,1H3,(H2,13,18)(H,14,16). The van der Waals surface area contributed by atoms with Crippen molar-refractivity contribution in [3.8, 4) is 0 Å². The first kappa shape index (κ1) is 16.5. The molecule has 0 aliphatic rings. The van der Waals surface area contributed by atoms with Crippen molar-refractivity contribution in [3.05, 3.63) is 33.9 Å². The van der Waals surface area contributed by atoms with Gasteiger partial charge in [0.2, 0.25) is 11.8 Å². The maximum Gasteiger partial charge on any atom is 0.293 e. The van der Waals surface area contributed by atoms with Crippen LogP contribution in [0.4, 0.5) is 11.4 Å². The minimum absolute atomic E-state index is 0.0320. The molecule has 0 radical (unpaired) electrons. The molecule has 1 aromatic carbocycles. The number of primary amides is 1. The molecule has 0 aromatic heterocycles. The van der Waals surface area contributed by atoms with Gasteiger partial charge in [0.15, 0.2) is 0 Å². The number of nitro benzene ring substituents is 1. The molecule has 0 spiro atoms. The molecule has 0 bridgehead atoms. The van der Waals surface area contributed by atoms with Gasteiger partial charge < -0.3 is 21.3 Å². The van der Waals surface area contributed by atoms with Gasteiger partial charge in [-0.15, -0.1) is 0 Å². The molecule has 1 aromatic rings. The number of hydrogen-bond donors (Lipinski definition) is 4. The van der Waals surface area contributed by atoms with Gasteiger partial charge in [-0.3, -0.25) is 19.7 Å². The lowest BCUT2D eigenvalue weighted by Gasteiger charge is -2.17. The van der Waals surface area contributed by atoms with Gasteiger partial charge in [-0.05, 0) is 11.6 Å². The van der Waals surface area contributed by atoms with E-state index in [4.69, 9.17) is 5.73 Å². The van der Waals surface area contributed by atoms with Gasteiger partial charge in [-0.25, -0.2) is 0 Å². The minimum atomic E-state index is -1.51. The number of carbonyl (C=O) groups excluding carboxylic acids is 2. The number of amides is 2. The Balaban J connectivity index is 3.10. The van der Waals surface area contributed by atoms with Crippen molar-refractivity contribution < 1.29 is 24.7 Å². The Morgan fingerprint density at radius 2 is 2.05 bits per heavy atom. The average Bonchev–Trinajstić information content (AvgIpc) is 2.36. The van der Waals surface area contributed by atoms with E-state index in [2.05, 4.69) is 5.32 Å². The quantitative estimate of drug-likeness (QED) is 0.421. The Morgan fingerprint density at radius 1 is 1.43 bits per heavy atom. The first-order chi connectivity index (χ1) is 9.72. The third kappa shape index (κ3) is 4.51. The van der Waals surface area contributed by atoms with Crippen molar-refractivity contribution in [1.82, 2.24) is 0 Å². The van der Waals surface area contributed by atoms with E-state index in [0.717, 1.165) is 6.07 Å². The summed E-state index contributed by atoms with van der Waals surface area (Å²) in [5.74, 6) is -1.30. The summed E-state index contributed by atoms with van der Waals surface area (Å²) in [6.45, 7) is 1.20. The van der Waals surface area contributed by atoms with Gasteiger partial charge in [0.05, 0.1) is 17.4 Å². The minimum Gasteiger partial charge on any atom is -0.390 e. The monoisotopic (exact) mass is 297 g/mol. The molecule has 9 heteroatoms. The lowest BCUT2D eigenvalue weighted by molar-refractivity contribution is -0.384. The number of nitrogens with one attached hydrogen (secondary N) is 1. The first-order valence-electron chi connectivity index (χ1n) is 5.92. The molecule has 0 aliphatic carbocycles. The highest BCUT2D eigenvalue weighted by molar-refractivity contribution is 5.91. The summed E-state index contributed by atoms with van der Waals surface area (Å²) in [6.07, 6.45) is -3.47. The summed E-state index contributed by atoms with van der Waals surface area (Å²) < 4.78 is 0. The topological polar surface area (TPSA) is 156 Å². The predicted molar refractivity (Wildman–Crippen MR) is 72.2 cm³/mol. The van der Waals surface area contributed by atoms with Crippen molar-refractivity contribution in [2.24, 2.45) is 5.73 Å². The highest BCUT2D eigenvalue weighted by Gasteiger charge is 2.24. The van der Waals surface area contributed by atoms with Crippen LogP contribution in [0.2, 0.25) is 0 Å². The number of aliphatic hydroxyl groups excluding tert-OH is 2. The maximum atomic E-state index is 11.0. The van der Waals surface area contributed by atoms with Gasteiger partial charge >= 0.3 is 0 Å². The Hall–Kier alpha value is -2.52. The van der Waals surface area contributed by atoms with E-state index in [1.54, 1.807) is 0 Å². The smallest absolute Gasteiger partial charge is 0.293 e. The van der Waals surface area contributed by atoms with E-state index >= 15 is 0 Å². The second-order valence-corrected chi connectivity index (χ2v) is 4.40. The highest BCUT2D eigenvalue weighted by Crippen LogP contribution is 2.29. The molecule has 1 rings (SSSR count). The third-order valence-electron chi connectivity index (χ3n) is 2.65. The normalized spacial score (nSPS) is 13.3. The zero-order chi connectivity index (χ0) is 16.2. The van der Waals surface area contributed by atoms with Gasteiger partial charge in [0.1, 0.15) is 11.8 Å². The molecule has 2 amide bonds. The number of hydrogen-bond acceptors (Lipinski definition) is 6. The molecule has 0 saturated heterocycles. The summed E-state index contributed by atoms with van der Waals surface area (Å²) >= 11 is 0. The first-order valence-corrected chi connectivity index (χ1v) is 5.92. The van der Waals surface area contributed by atoms with Crippen LogP contribution in [-0.2, 0) is 9.59 Å². The second-order valence-electron chi connectivity index (χ2n) is 4.40. The van der Waals surface area contributed by atoms with E-state index in [1.165, 1.54) is 19.1 Å². The van der Waals surface area contributed by atoms with Crippen LogP contribution in [0, 0.1) is 10.1 Å². The summed E-state index contributed by atoms with van der Waals surface area (Å²) in [4.78, 5) is 31.9. The Bertz CT molecular complexity index is 574. The van der Waals surface area contributed by atoms with Crippen molar-refractivity contribution in [2.75, 3.05) is 5.32 Å². The average molecular weight is 297 g/mol. The summed E-state index contributed by atoms with van der Waals surface area (Å²) in [5.41, 5.74) is 4.46. The summed E-state index contributed by atoms with van der Waals surface area (Å²) in [7, 11) is 0. The number of carbonyl (C=O) groups is 2. The van der Waals surface area contributed by atoms with E-state index in [1.807, 2.05) is 0 Å². The molecule has 0 heterocycles. The van der Waals surface area contributed by atoms with Crippen LogP contribution >= 0.6 is 0 Å². The molecule has 2 atom stereocenters. The Labute approximate surface area is 119 Å². The van der Waals surface area contributed by atoms with Crippen LogP contribution < -0.4 is 11.1 Å². The second kappa shape index (κ2) is 6.77. The van der Waals surface area contributed by atoms with Crippen LogP contribution in [-0.4, -0.2) is 33.1 Å². The van der Waals surface area contributed by atoms with Crippen LogP contribution in [0.3, 0.4) is 0 Å². The van der Waals surface area contributed by atoms with Gasteiger partial charge in [0.25, 0.3) is 5.69 Å². The fraction of sp³-hybridized carbons (Fsp3) is 0.333. The molecule has 0 aliphatic heterocycles. The number of nitrogens with two attached hydrogens (primary N) is 1. The highest BCUT2D eigenvalue weighted by atomic mass is 16.6. The fourth-order valence-corrected chi connectivity index (χ4v) is 1.72. The van der Waals surface area contributed by atoms with Crippen LogP contribution in [0.15, 0.2) is 18.2 Å². The van der Waals surface area contributed by atoms with Crippen LogP contribution in [0.5, 0.6) is 0 Å². The molecular formula is C12H15N3O6. The Kier molecular flexibility index (Phi) is 5.33. The zero-order valence-electron chi connectivity index (χ0n) is 11.1. The molecule has 114 valence electrons. The SMILES string of the molecule is CC(=O)Nc1ccc(C(O)C(O)CC(N)=O)cc1[N+](=O)[O-]. The summed E-state index contributed by atoms with van der Waals surface area (Å²) in [5, 5.41) is 32.7. The van der Waals surface area contributed by atoms with Crippen molar-refractivity contribution in [2.45, 2.75) is 25.6 Å². The Morgan fingerprint density at radius 3 is 2.52 bits per heavy atom. The zero-order valence-corrected chi connectivity index (χ0v) is 11.1. The van der Waals surface area contributed by atoms with Crippen molar-refractivity contribution in [1.29, 1.82) is 0 Å². The predicted octanol–water partition coefficient (Wildman–Crippen LogP) is -0.177. The fourth-order valence-electron chi connectivity index (χ4n) is 1.72. The number of aliphatic hydroxyl groups is 2. The number of nitro groups is 1. The maximum absolute atomic E-state index is 11.0. The van der Waals surface area contributed by atoms with Gasteiger partial charge in [-0.2, -0.15) is 0 Å². The largest absolute Gasteiger partial charge is 0.390 e. The molecular weight excluding hydrogens is 282 g/mol. The van der Waals surface area contributed by atoms with Gasteiger partial charge in [-0.1, -0.05) is 6.07 Å². The molecule has 2 unspecified atom stereocenters.